The first kappa shape index (κ1) is 15.0. The number of hydrogen-bond acceptors (Lipinski definition) is 3. The molecular weight excluding hydrogens is 328 g/mol. The third-order valence-electron chi connectivity index (χ3n) is 3.78. The normalized spacial score (nSPS) is 26.5. The van der Waals surface area contributed by atoms with Gasteiger partial charge in [0.05, 0.1) is 4.90 Å². The van der Waals surface area contributed by atoms with Crippen molar-refractivity contribution in [3.8, 4) is 0 Å². The summed E-state index contributed by atoms with van der Waals surface area (Å²) in [4.78, 5) is 2.56. The largest absolute Gasteiger partial charge is 0.298 e. The molecule has 19 heavy (non-hydrogen) atoms. The molecule has 0 aromatic heterocycles. The molecule has 0 bridgehead atoms. The van der Waals surface area contributed by atoms with Gasteiger partial charge in [0.15, 0.2) is 0 Å². The second-order valence-electron chi connectivity index (χ2n) is 5.12. The molecule has 6 heteroatoms. The van der Waals surface area contributed by atoms with Crippen LogP contribution in [0.25, 0.3) is 0 Å². The quantitative estimate of drug-likeness (QED) is 0.823. The Morgan fingerprint density at radius 3 is 2.21 bits per heavy atom. The molecule has 0 spiro atoms. The van der Waals surface area contributed by atoms with Gasteiger partial charge in [0.2, 0.25) is 10.0 Å². The molecule has 0 amide bonds. The molecular formula is C13H19BrN2O2S. The van der Waals surface area contributed by atoms with Crippen LogP contribution in [-0.4, -0.2) is 49.8 Å². The zero-order valence-electron chi connectivity index (χ0n) is 11.4. The Bertz CT molecular complexity index is 550. The summed E-state index contributed by atoms with van der Waals surface area (Å²) >= 11 is 3.32. The van der Waals surface area contributed by atoms with Gasteiger partial charge in [-0.2, -0.15) is 4.31 Å². The predicted octanol–water partition coefficient (Wildman–Crippen LogP) is 2.16. The van der Waals surface area contributed by atoms with Gasteiger partial charge >= 0.3 is 0 Å². The van der Waals surface area contributed by atoms with Crippen LogP contribution in [0.2, 0.25) is 0 Å². The van der Waals surface area contributed by atoms with Gasteiger partial charge in [0.25, 0.3) is 0 Å². The second kappa shape index (κ2) is 5.52. The van der Waals surface area contributed by atoms with Gasteiger partial charge in [0.1, 0.15) is 0 Å². The SMILES string of the molecule is CC1CN(S(=O)(=O)c2ccccc2Br)CC(C)N1C. The molecule has 0 radical (unpaired) electrons. The van der Waals surface area contributed by atoms with E-state index in [1.54, 1.807) is 22.5 Å². The molecule has 0 aliphatic carbocycles. The van der Waals surface area contributed by atoms with Crippen molar-refractivity contribution in [1.82, 2.24) is 9.21 Å². The zero-order chi connectivity index (χ0) is 14.2. The van der Waals surface area contributed by atoms with E-state index < -0.39 is 10.0 Å². The van der Waals surface area contributed by atoms with Crippen molar-refractivity contribution >= 4 is 26.0 Å². The van der Waals surface area contributed by atoms with Crippen molar-refractivity contribution < 1.29 is 8.42 Å². The molecule has 106 valence electrons. The van der Waals surface area contributed by atoms with Gasteiger partial charge in [-0.3, -0.25) is 4.90 Å². The Morgan fingerprint density at radius 2 is 1.68 bits per heavy atom. The fourth-order valence-electron chi connectivity index (χ4n) is 2.35. The minimum Gasteiger partial charge on any atom is -0.298 e. The Kier molecular flexibility index (Phi) is 4.35. The lowest BCUT2D eigenvalue weighted by molar-refractivity contribution is 0.105. The minimum absolute atomic E-state index is 0.223. The van der Waals surface area contributed by atoms with Gasteiger partial charge in [-0.25, -0.2) is 8.42 Å². The number of halogens is 1. The first-order valence-electron chi connectivity index (χ1n) is 6.30. The Balaban J connectivity index is 2.34. The third kappa shape index (κ3) is 2.86. The van der Waals surface area contributed by atoms with Crippen molar-refractivity contribution in [3.05, 3.63) is 28.7 Å². The average molecular weight is 347 g/mol. The van der Waals surface area contributed by atoms with Crippen LogP contribution in [0.3, 0.4) is 0 Å². The third-order valence-corrected chi connectivity index (χ3v) is 6.62. The molecule has 1 heterocycles. The average Bonchev–Trinajstić information content (AvgIpc) is 2.35. The first-order chi connectivity index (χ1) is 8.84. The van der Waals surface area contributed by atoms with E-state index in [2.05, 4.69) is 34.7 Å². The molecule has 1 aliphatic rings. The second-order valence-corrected chi connectivity index (χ2v) is 7.88. The van der Waals surface area contributed by atoms with E-state index in [-0.39, 0.29) is 12.1 Å². The number of nitrogens with zero attached hydrogens (tertiary/aromatic N) is 2. The summed E-state index contributed by atoms with van der Waals surface area (Å²) in [5.41, 5.74) is 0. The first-order valence-corrected chi connectivity index (χ1v) is 8.54. The van der Waals surface area contributed by atoms with Crippen LogP contribution in [0, 0.1) is 0 Å². The standard InChI is InChI=1S/C13H19BrN2O2S/c1-10-8-16(9-11(2)15(10)3)19(17,18)13-7-5-4-6-12(13)14/h4-7,10-11H,8-9H2,1-3H3. The fourth-order valence-corrected chi connectivity index (χ4v) is 4.91. The van der Waals surface area contributed by atoms with Gasteiger partial charge in [-0.1, -0.05) is 12.1 Å². The fraction of sp³-hybridized carbons (Fsp3) is 0.538. The predicted molar refractivity (Wildman–Crippen MR) is 79.6 cm³/mol. The van der Waals surface area contributed by atoms with Crippen LogP contribution in [0.15, 0.2) is 33.6 Å². The van der Waals surface area contributed by atoms with E-state index in [4.69, 9.17) is 0 Å². The van der Waals surface area contributed by atoms with Crippen molar-refractivity contribution in [2.75, 3.05) is 20.1 Å². The lowest BCUT2D eigenvalue weighted by atomic mass is 10.1. The molecule has 0 saturated carbocycles. The molecule has 4 nitrogen and oxygen atoms in total. The highest BCUT2D eigenvalue weighted by molar-refractivity contribution is 9.10. The molecule has 1 saturated heterocycles. The Hall–Kier alpha value is -0.430. The number of benzene rings is 1. The number of rotatable bonds is 2. The molecule has 2 unspecified atom stereocenters. The van der Waals surface area contributed by atoms with Crippen molar-refractivity contribution in [2.45, 2.75) is 30.8 Å². The molecule has 1 fully saturated rings. The van der Waals surface area contributed by atoms with E-state index in [9.17, 15) is 8.42 Å². The highest BCUT2D eigenvalue weighted by atomic mass is 79.9. The highest BCUT2D eigenvalue weighted by Gasteiger charge is 2.35. The van der Waals surface area contributed by atoms with Crippen LogP contribution in [0.5, 0.6) is 0 Å². The topological polar surface area (TPSA) is 40.6 Å². The van der Waals surface area contributed by atoms with Crippen molar-refractivity contribution in [2.24, 2.45) is 0 Å². The van der Waals surface area contributed by atoms with E-state index in [0.29, 0.717) is 22.5 Å². The van der Waals surface area contributed by atoms with Gasteiger partial charge in [-0.15, -0.1) is 0 Å². The monoisotopic (exact) mass is 346 g/mol. The molecule has 1 aromatic carbocycles. The number of likely N-dealkylation sites (N-methyl/N-ethyl adjacent to an activating group) is 1. The number of piperazine rings is 1. The van der Waals surface area contributed by atoms with E-state index in [1.807, 2.05) is 13.1 Å². The summed E-state index contributed by atoms with van der Waals surface area (Å²) in [6, 6.07) is 7.42. The molecule has 1 aliphatic heterocycles. The van der Waals surface area contributed by atoms with Crippen LogP contribution in [0.4, 0.5) is 0 Å². The summed E-state index contributed by atoms with van der Waals surface area (Å²) < 4.78 is 27.6. The molecule has 0 N–H and O–H groups in total. The van der Waals surface area contributed by atoms with Crippen LogP contribution in [0.1, 0.15) is 13.8 Å². The highest BCUT2D eigenvalue weighted by Crippen LogP contribution is 2.27. The number of sulfonamides is 1. The van der Waals surface area contributed by atoms with Crippen LogP contribution in [-0.2, 0) is 10.0 Å². The smallest absolute Gasteiger partial charge is 0.244 e. The zero-order valence-corrected chi connectivity index (χ0v) is 13.8. The molecule has 2 rings (SSSR count). The lowest BCUT2D eigenvalue weighted by Crippen LogP contribution is -2.56. The summed E-state index contributed by atoms with van der Waals surface area (Å²) in [5.74, 6) is 0. The molecule has 1 aromatic rings. The maximum Gasteiger partial charge on any atom is 0.244 e. The maximum absolute atomic E-state index is 12.7. The lowest BCUT2D eigenvalue weighted by Gasteiger charge is -2.41. The van der Waals surface area contributed by atoms with Gasteiger partial charge < -0.3 is 0 Å². The van der Waals surface area contributed by atoms with Crippen LogP contribution >= 0.6 is 15.9 Å². The summed E-state index contributed by atoms with van der Waals surface area (Å²) in [6.45, 7) is 5.17. The van der Waals surface area contributed by atoms with Crippen LogP contribution < -0.4 is 0 Å². The summed E-state index contributed by atoms with van der Waals surface area (Å²) in [6.07, 6.45) is 0. The number of hydrogen-bond donors (Lipinski definition) is 0. The summed E-state index contributed by atoms with van der Waals surface area (Å²) in [5, 5.41) is 0. The Labute approximate surface area is 123 Å². The summed E-state index contributed by atoms with van der Waals surface area (Å²) in [7, 11) is -1.38. The van der Waals surface area contributed by atoms with Gasteiger partial charge in [0, 0.05) is 29.6 Å². The van der Waals surface area contributed by atoms with Gasteiger partial charge in [-0.05, 0) is 49.0 Å². The van der Waals surface area contributed by atoms with E-state index in [0.717, 1.165) is 0 Å². The minimum atomic E-state index is -3.42. The van der Waals surface area contributed by atoms with E-state index in [1.165, 1.54) is 0 Å². The van der Waals surface area contributed by atoms with Crippen molar-refractivity contribution in [1.29, 1.82) is 0 Å². The maximum atomic E-state index is 12.7. The molecule has 2 atom stereocenters. The van der Waals surface area contributed by atoms with E-state index >= 15 is 0 Å². The van der Waals surface area contributed by atoms with Crippen molar-refractivity contribution in [3.63, 3.8) is 0 Å². The Morgan fingerprint density at radius 1 is 1.16 bits per heavy atom.